The molecular formula is C18H22N4. The van der Waals surface area contributed by atoms with E-state index in [1.807, 2.05) is 12.1 Å². The largest absolute Gasteiger partial charge is 0.377 e. The van der Waals surface area contributed by atoms with E-state index in [9.17, 15) is 0 Å². The molecule has 2 aromatic carbocycles. The van der Waals surface area contributed by atoms with Crippen LogP contribution in [0.4, 0.5) is 5.69 Å². The lowest BCUT2D eigenvalue weighted by Gasteiger charge is -2.21. The van der Waals surface area contributed by atoms with Crippen molar-refractivity contribution in [3.8, 4) is 0 Å². The number of para-hydroxylation sites is 2. The Morgan fingerprint density at radius 2 is 1.64 bits per heavy atom. The maximum atomic E-state index is 4.36. The number of hydrogen-bond donors (Lipinski definition) is 1. The van der Waals surface area contributed by atoms with E-state index in [-0.39, 0.29) is 0 Å². The summed E-state index contributed by atoms with van der Waals surface area (Å²) in [4.78, 5) is 4.47. The first kappa shape index (κ1) is 14.6. The van der Waals surface area contributed by atoms with Crippen LogP contribution in [-0.2, 0) is 13.1 Å². The minimum Gasteiger partial charge on any atom is -0.377 e. The monoisotopic (exact) mass is 294 g/mol. The van der Waals surface area contributed by atoms with Gasteiger partial charge < -0.3 is 4.90 Å². The zero-order valence-corrected chi connectivity index (χ0v) is 13.4. The van der Waals surface area contributed by atoms with Crippen LogP contribution in [0, 0.1) is 0 Å². The molecule has 3 aromatic rings. The normalized spacial score (nSPS) is 11.3. The molecule has 0 unspecified atom stereocenters. The topological polar surface area (TPSA) is 35.2 Å². The highest BCUT2D eigenvalue weighted by Crippen LogP contribution is 2.21. The molecule has 0 bridgehead atoms. The third-order valence-electron chi connectivity index (χ3n) is 3.88. The summed E-state index contributed by atoms with van der Waals surface area (Å²) in [6.07, 6.45) is 0. The van der Waals surface area contributed by atoms with Crippen molar-refractivity contribution in [3.05, 3.63) is 59.8 Å². The van der Waals surface area contributed by atoms with Crippen LogP contribution in [0.15, 0.2) is 48.5 Å². The fourth-order valence-electron chi connectivity index (χ4n) is 2.83. The van der Waals surface area contributed by atoms with Crippen molar-refractivity contribution in [2.45, 2.75) is 13.1 Å². The van der Waals surface area contributed by atoms with Crippen LogP contribution in [0.2, 0.25) is 0 Å². The Labute approximate surface area is 131 Å². The van der Waals surface area contributed by atoms with E-state index < -0.39 is 0 Å². The van der Waals surface area contributed by atoms with Gasteiger partial charge in [0.2, 0.25) is 0 Å². The SMILES string of the molecule is CN(Cc1ccccc1N(C)C)Cc1[nH]nc2ccccc12. The van der Waals surface area contributed by atoms with Gasteiger partial charge in [-0.3, -0.25) is 10.00 Å². The van der Waals surface area contributed by atoms with Crippen molar-refractivity contribution in [1.29, 1.82) is 0 Å². The van der Waals surface area contributed by atoms with Gasteiger partial charge in [-0.05, 0) is 24.7 Å². The smallest absolute Gasteiger partial charge is 0.0924 e. The molecule has 0 fully saturated rings. The van der Waals surface area contributed by atoms with Gasteiger partial charge in [-0.2, -0.15) is 5.10 Å². The lowest BCUT2D eigenvalue weighted by atomic mass is 10.1. The van der Waals surface area contributed by atoms with E-state index in [1.165, 1.54) is 22.3 Å². The standard InChI is InChI=1S/C18H22N4/c1-21(2)18-11-7-4-8-14(18)12-22(3)13-17-15-9-5-6-10-16(15)19-20-17/h4-11H,12-13H2,1-3H3,(H,19,20). The summed E-state index contributed by atoms with van der Waals surface area (Å²) in [5, 5.41) is 8.73. The molecule has 0 spiro atoms. The maximum Gasteiger partial charge on any atom is 0.0924 e. The second-order valence-corrected chi connectivity index (χ2v) is 5.91. The number of nitrogens with zero attached hydrogens (tertiary/aromatic N) is 3. The number of aromatic nitrogens is 2. The highest BCUT2D eigenvalue weighted by molar-refractivity contribution is 5.81. The summed E-state index contributed by atoms with van der Waals surface area (Å²) < 4.78 is 0. The second-order valence-electron chi connectivity index (χ2n) is 5.91. The lowest BCUT2D eigenvalue weighted by Crippen LogP contribution is -2.20. The van der Waals surface area contributed by atoms with E-state index in [0.29, 0.717) is 0 Å². The molecule has 0 radical (unpaired) electrons. The molecule has 0 aliphatic heterocycles. The Balaban J connectivity index is 1.77. The fraction of sp³-hybridized carbons (Fsp3) is 0.278. The van der Waals surface area contributed by atoms with Gasteiger partial charge in [-0.15, -0.1) is 0 Å². The minimum absolute atomic E-state index is 0.849. The summed E-state index contributed by atoms with van der Waals surface area (Å²) in [5.41, 5.74) is 4.79. The molecule has 1 aromatic heterocycles. The zero-order chi connectivity index (χ0) is 15.5. The average Bonchev–Trinajstić information content (AvgIpc) is 2.91. The van der Waals surface area contributed by atoms with E-state index >= 15 is 0 Å². The van der Waals surface area contributed by atoms with E-state index in [1.54, 1.807) is 0 Å². The first-order valence-corrected chi connectivity index (χ1v) is 7.51. The van der Waals surface area contributed by atoms with Gasteiger partial charge in [0.1, 0.15) is 0 Å². The van der Waals surface area contributed by atoms with Gasteiger partial charge in [0.05, 0.1) is 11.2 Å². The number of anilines is 1. The third-order valence-corrected chi connectivity index (χ3v) is 3.88. The van der Waals surface area contributed by atoms with Gasteiger partial charge in [0.15, 0.2) is 0 Å². The number of fused-ring (bicyclic) bond motifs is 1. The summed E-state index contributed by atoms with van der Waals surface area (Å²) in [5.74, 6) is 0. The van der Waals surface area contributed by atoms with Crippen LogP contribution in [0.5, 0.6) is 0 Å². The number of rotatable bonds is 5. The average molecular weight is 294 g/mol. The Morgan fingerprint density at radius 3 is 2.45 bits per heavy atom. The molecule has 0 aliphatic rings. The summed E-state index contributed by atoms with van der Waals surface area (Å²) in [6.45, 7) is 1.75. The van der Waals surface area contributed by atoms with Crippen molar-refractivity contribution < 1.29 is 0 Å². The number of nitrogens with one attached hydrogen (secondary N) is 1. The van der Waals surface area contributed by atoms with Gasteiger partial charge in [-0.25, -0.2) is 0 Å². The van der Waals surface area contributed by atoms with Gasteiger partial charge in [-0.1, -0.05) is 36.4 Å². The van der Waals surface area contributed by atoms with E-state index in [4.69, 9.17) is 0 Å². The molecule has 1 heterocycles. The molecule has 4 heteroatoms. The van der Waals surface area contributed by atoms with Gasteiger partial charge in [0, 0.05) is 38.3 Å². The second kappa shape index (κ2) is 6.20. The lowest BCUT2D eigenvalue weighted by molar-refractivity contribution is 0.316. The van der Waals surface area contributed by atoms with Gasteiger partial charge in [0.25, 0.3) is 0 Å². The maximum absolute atomic E-state index is 4.36. The highest BCUT2D eigenvalue weighted by Gasteiger charge is 2.10. The number of hydrogen-bond acceptors (Lipinski definition) is 3. The highest BCUT2D eigenvalue weighted by atomic mass is 15.2. The van der Waals surface area contributed by atoms with Crippen molar-refractivity contribution in [3.63, 3.8) is 0 Å². The third kappa shape index (κ3) is 2.97. The van der Waals surface area contributed by atoms with E-state index in [0.717, 1.165) is 18.6 Å². The summed E-state index contributed by atoms with van der Waals surface area (Å²) in [6, 6.07) is 16.8. The molecule has 1 N–H and O–H groups in total. The Morgan fingerprint density at radius 1 is 0.909 bits per heavy atom. The molecular weight excluding hydrogens is 272 g/mol. The zero-order valence-electron chi connectivity index (χ0n) is 13.4. The molecule has 3 rings (SSSR count). The molecule has 4 nitrogen and oxygen atoms in total. The summed E-state index contributed by atoms with van der Waals surface area (Å²) >= 11 is 0. The molecule has 0 atom stereocenters. The Bertz CT molecular complexity index is 760. The summed E-state index contributed by atoms with van der Waals surface area (Å²) in [7, 11) is 6.31. The predicted molar refractivity (Wildman–Crippen MR) is 92.0 cm³/mol. The molecule has 0 amide bonds. The van der Waals surface area contributed by atoms with Crippen LogP contribution < -0.4 is 4.90 Å². The number of benzene rings is 2. The van der Waals surface area contributed by atoms with E-state index in [2.05, 4.69) is 77.5 Å². The molecule has 0 saturated heterocycles. The van der Waals surface area contributed by atoms with Gasteiger partial charge >= 0.3 is 0 Å². The Hall–Kier alpha value is -2.33. The first-order chi connectivity index (χ1) is 10.6. The van der Waals surface area contributed by atoms with Crippen LogP contribution in [-0.4, -0.2) is 36.2 Å². The van der Waals surface area contributed by atoms with Crippen molar-refractivity contribution >= 4 is 16.6 Å². The van der Waals surface area contributed by atoms with Crippen LogP contribution in [0.3, 0.4) is 0 Å². The number of H-pyrrole nitrogens is 1. The van der Waals surface area contributed by atoms with Crippen molar-refractivity contribution in [2.75, 3.05) is 26.0 Å². The molecule has 0 aliphatic carbocycles. The van der Waals surface area contributed by atoms with Crippen molar-refractivity contribution in [2.24, 2.45) is 0 Å². The van der Waals surface area contributed by atoms with Crippen LogP contribution in [0.1, 0.15) is 11.3 Å². The number of aromatic amines is 1. The van der Waals surface area contributed by atoms with Crippen LogP contribution in [0.25, 0.3) is 10.9 Å². The fourth-order valence-corrected chi connectivity index (χ4v) is 2.83. The van der Waals surface area contributed by atoms with Crippen molar-refractivity contribution in [1.82, 2.24) is 15.1 Å². The minimum atomic E-state index is 0.849. The molecule has 22 heavy (non-hydrogen) atoms. The van der Waals surface area contributed by atoms with Crippen LogP contribution >= 0.6 is 0 Å². The Kier molecular flexibility index (Phi) is 4.11. The molecule has 114 valence electrons. The quantitative estimate of drug-likeness (QED) is 0.784. The predicted octanol–water partition coefficient (Wildman–Crippen LogP) is 3.26. The first-order valence-electron chi connectivity index (χ1n) is 7.51. The molecule has 0 saturated carbocycles.